The zero-order chi connectivity index (χ0) is 12.1. The molecule has 0 heterocycles. The summed E-state index contributed by atoms with van der Waals surface area (Å²) in [6.07, 6.45) is 1.73. The average molecular weight is 225 g/mol. The average Bonchev–Trinajstić information content (AvgIpc) is 2.19. The number of halogens is 2. The first-order valence-corrected chi connectivity index (χ1v) is 5.34. The molecular formula is C13H17F2N. The Labute approximate surface area is 95.2 Å². The summed E-state index contributed by atoms with van der Waals surface area (Å²) in [6.45, 7) is 6.71. The first-order valence-electron chi connectivity index (χ1n) is 5.34. The molecule has 1 aromatic carbocycles. The monoisotopic (exact) mass is 225 g/mol. The molecule has 1 rings (SSSR count). The van der Waals surface area contributed by atoms with E-state index in [2.05, 4.69) is 5.32 Å². The van der Waals surface area contributed by atoms with Crippen molar-refractivity contribution in [2.75, 3.05) is 6.54 Å². The molecule has 0 atom stereocenters. The minimum Gasteiger partial charge on any atom is -0.311 e. The van der Waals surface area contributed by atoms with E-state index in [1.54, 1.807) is 6.08 Å². The summed E-state index contributed by atoms with van der Waals surface area (Å²) < 4.78 is 26.0. The lowest BCUT2D eigenvalue weighted by molar-refractivity contribution is 0.581. The lowest BCUT2D eigenvalue weighted by atomic mass is 10.1. The predicted molar refractivity (Wildman–Crippen MR) is 63.1 cm³/mol. The van der Waals surface area contributed by atoms with Crippen molar-refractivity contribution < 1.29 is 8.78 Å². The van der Waals surface area contributed by atoms with Crippen molar-refractivity contribution in [3.63, 3.8) is 0 Å². The predicted octanol–water partition coefficient (Wildman–Crippen LogP) is 3.37. The number of hydrogen-bond donors (Lipinski definition) is 1. The Morgan fingerprint density at radius 3 is 2.62 bits per heavy atom. The van der Waals surface area contributed by atoms with Crippen LogP contribution in [0.3, 0.4) is 0 Å². The van der Waals surface area contributed by atoms with E-state index < -0.39 is 11.6 Å². The zero-order valence-corrected chi connectivity index (χ0v) is 9.85. The van der Waals surface area contributed by atoms with Crippen molar-refractivity contribution in [2.24, 2.45) is 0 Å². The second kappa shape index (κ2) is 5.75. The van der Waals surface area contributed by atoms with Crippen LogP contribution in [0.25, 0.3) is 6.08 Å². The fourth-order valence-electron chi connectivity index (χ4n) is 1.30. The van der Waals surface area contributed by atoms with Gasteiger partial charge in [-0.05, 0) is 19.1 Å². The lowest BCUT2D eigenvalue weighted by Crippen LogP contribution is -2.24. The molecule has 0 saturated carbocycles. The van der Waals surface area contributed by atoms with Crippen LogP contribution in [0, 0.1) is 11.6 Å². The van der Waals surface area contributed by atoms with Gasteiger partial charge in [0.1, 0.15) is 11.6 Å². The van der Waals surface area contributed by atoms with Crippen molar-refractivity contribution >= 4 is 6.08 Å². The van der Waals surface area contributed by atoms with Gasteiger partial charge in [-0.1, -0.05) is 25.5 Å². The highest BCUT2D eigenvalue weighted by molar-refractivity contribution is 5.53. The smallest absolute Gasteiger partial charge is 0.133 e. The highest BCUT2D eigenvalue weighted by Gasteiger charge is 2.01. The van der Waals surface area contributed by atoms with E-state index in [1.807, 2.05) is 20.8 Å². The molecule has 0 aliphatic heterocycles. The third-order valence-electron chi connectivity index (χ3n) is 2.15. The Kier molecular flexibility index (Phi) is 4.62. The van der Waals surface area contributed by atoms with Crippen molar-refractivity contribution in [2.45, 2.75) is 26.8 Å². The molecule has 0 aliphatic rings. The van der Waals surface area contributed by atoms with E-state index in [9.17, 15) is 8.78 Å². The molecule has 0 amide bonds. The van der Waals surface area contributed by atoms with Crippen LogP contribution in [0.1, 0.15) is 26.3 Å². The Balaban J connectivity index is 2.74. The summed E-state index contributed by atoms with van der Waals surface area (Å²) in [6, 6.07) is 4.00. The first kappa shape index (κ1) is 12.8. The number of benzene rings is 1. The van der Waals surface area contributed by atoms with E-state index >= 15 is 0 Å². The van der Waals surface area contributed by atoms with Crippen LogP contribution in [0.5, 0.6) is 0 Å². The minimum atomic E-state index is -0.549. The summed E-state index contributed by atoms with van der Waals surface area (Å²) in [5, 5.41) is 3.23. The fraction of sp³-hybridized carbons (Fsp3) is 0.385. The van der Waals surface area contributed by atoms with Gasteiger partial charge in [0.25, 0.3) is 0 Å². The Morgan fingerprint density at radius 2 is 2.06 bits per heavy atom. The van der Waals surface area contributed by atoms with Gasteiger partial charge in [-0.25, -0.2) is 8.78 Å². The van der Waals surface area contributed by atoms with Crippen LogP contribution < -0.4 is 5.32 Å². The van der Waals surface area contributed by atoms with Crippen molar-refractivity contribution in [3.05, 3.63) is 41.0 Å². The van der Waals surface area contributed by atoms with Gasteiger partial charge < -0.3 is 5.32 Å². The third kappa shape index (κ3) is 4.11. The highest BCUT2D eigenvalue weighted by Crippen LogP contribution is 2.13. The molecule has 0 spiro atoms. The second-order valence-corrected chi connectivity index (χ2v) is 4.19. The molecule has 0 unspecified atom stereocenters. The first-order chi connectivity index (χ1) is 7.49. The van der Waals surface area contributed by atoms with E-state index in [0.717, 1.165) is 11.6 Å². The SMILES string of the molecule is CC(=Cc1ccc(F)cc1F)CNC(C)C. The van der Waals surface area contributed by atoms with Gasteiger partial charge in [0.15, 0.2) is 0 Å². The Hall–Kier alpha value is -1.22. The molecule has 0 bridgehead atoms. The van der Waals surface area contributed by atoms with Crippen LogP contribution in [-0.2, 0) is 0 Å². The highest BCUT2D eigenvalue weighted by atomic mass is 19.1. The van der Waals surface area contributed by atoms with E-state index in [4.69, 9.17) is 0 Å². The van der Waals surface area contributed by atoms with Crippen LogP contribution in [-0.4, -0.2) is 12.6 Å². The summed E-state index contributed by atoms with van der Waals surface area (Å²) >= 11 is 0. The minimum absolute atomic E-state index is 0.390. The number of hydrogen-bond acceptors (Lipinski definition) is 1. The molecule has 1 N–H and O–H groups in total. The molecule has 0 aromatic heterocycles. The van der Waals surface area contributed by atoms with Crippen LogP contribution in [0.2, 0.25) is 0 Å². The number of nitrogens with one attached hydrogen (secondary N) is 1. The maximum atomic E-state index is 13.3. The van der Waals surface area contributed by atoms with Gasteiger partial charge in [0.2, 0.25) is 0 Å². The topological polar surface area (TPSA) is 12.0 Å². The number of rotatable bonds is 4. The lowest BCUT2D eigenvalue weighted by Gasteiger charge is -2.08. The molecule has 3 heteroatoms. The second-order valence-electron chi connectivity index (χ2n) is 4.19. The van der Waals surface area contributed by atoms with Gasteiger partial charge in [0.05, 0.1) is 0 Å². The van der Waals surface area contributed by atoms with Gasteiger partial charge >= 0.3 is 0 Å². The summed E-state index contributed by atoms with van der Waals surface area (Å²) in [4.78, 5) is 0. The zero-order valence-electron chi connectivity index (χ0n) is 9.85. The molecule has 1 aromatic rings. The molecule has 0 fully saturated rings. The molecule has 16 heavy (non-hydrogen) atoms. The van der Waals surface area contributed by atoms with Crippen LogP contribution in [0.15, 0.2) is 23.8 Å². The van der Waals surface area contributed by atoms with Crippen LogP contribution in [0.4, 0.5) is 8.78 Å². The molecule has 0 aliphatic carbocycles. The normalized spacial score (nSPS) is 12.2. The summed E-state index contributed by atoms with van der Waals surface area (Å²) in [5.41, 5.74) is 1.43. The maximum Gasteiger partial charge on any atom is 0.133 e. The molecular weight excluding hydrogens is 208 g/mol. The van der Waals surface area contributed by atoms with E-state index in [-0.39, 0.29) is 0 Å². The van der Waals surface area contributed by atoms with Gasteiger partial charge in [-0.2, -0.15) is 0 Å². The third-order valence-corrected chi connectivity index (χ3v) is 2.15. The van der Waals surface area contributed by atoms with Crippen molar-refractivity contribution in [3.8, 4) is 0 Å². The standard InChI is InChI=1S/C13H17F2N/c1-9(2)16-8-10(3)6-11-4-5-12(14)7-13(11)15/h4-7,9,16H,8H2,1-3H3. The quantitative estimate of drug-likeness (QED) is 0.828. The summed E-state index contributed by atoms with van der Waals surface area (Å²) in [7, 11) is 0. The van der Waals surface area contributed by atoms with Crippen molar-refractivity contribution in [1.29, 1.82) is 0 Å². The molecule has 88 valence electrons. The molecule has 1 nitrogen and oxygen atoms in total. The van der Waals surface area contributed by atoms with E-state index in [1.165, 1.54) is 12.1 Å². The van der Waals surface area contributed by atoms with Crippen molar-refractivity contribution in [1.82, 2.24) is 5.32 Å². The fourth-order valence-corrected chi connectivity index (χ4v) is 1.30. The maximum absolute atomic E-state index is 13.3. The Morgan fingerprint density at radius 1 is 1.38 bits per heavy atom. The molecule has 0 saturated heterocycles. The molecule has 0 radical (unpaired) electrons. The van der Waals surface area contributed by atoms with E-state index in [0.29, 0.717) is 18.2 Å². The largest absolute Gasteiger partial charge is 0.311 e. The summed E-state index contributed by atoms with van der Waals surface area (Å²) in [5.74, 6) is -1.07. The van der Waals surface area contributed by atoms with Gasteiger partial charge in [-0.3, -0.25) is 0 Å². The van der Waals surface area contributed by atoms with Crippen LogP contribution >= 0.6 is 0 Å². The van der Waals surface area contributed by atoms with Gasteiger partial charge in [-0.15, -0.1) is 0 Å². The Bertz CT molecular complexity index is 384. The van der Waals surface area contributed by atoms with Gasteiger partial charge in [0, 0.05) is 24.2 Å².